The molecule has 2 aliphatic rings. The van der Waals surface area contributed by atoms with Crippen molar-refractivity contribution in [1.29, 1.82) is 0 Å². The molecule has 1 atom stereocenters. The summed E-state index contributed by atoms with van der Waals surface area (Å²) in [5.41, 5.74) is 3.26. The Hall–Kier alpha value is -4.51. The second-order valence-electron chi connectivity index (χ2n) is 10.7. The Morgan fingerprint density at radius 2 is 1.77 bits per heavy atom. The van der Waals surface area contributed by atoms with Crippen molar-refractivity contribution in [3.8, 4) is 10.4 Å². The average Bonchev–Trinajstić information content (AvgIpc) is 3.75. The van der Waals surface area contributed by atoms with Gasteiger partial charge in [-0.1, -0.05) is 18.2 Å². The molecule has 44 heavy (non-hydrogen) atoms. The first kappa shape index (κ1) is 29.6. The van der Waals surface area contributed by atoms with Crippen molar-refractivity contribution >= 4 is 29.1 Å². The van der Waals surface area contributed by atoms with Crippen molar-refractivity contribution in [3.63, 3.8) is 0 Å². The van der Waals surface area contributed by atoms with Gasteiger partial charge in [-0.3, -0.25) is 14.6 Å². The lowest BCUT2D eigenvalue weighted by Gasteiger charge is -2.17. The number of carbonyl (C=O) groups is 3. The number of aromatic nitrogens is 1. The minimum Gasteiger partial charge on any atom is -0.462 e. The fraction of sp³-hybridized carbons (Fsp3) is 0.273. The highest BCUT2D eigenvalue weighted by atomic mass is 32.1. The van der Waals surface area contributed by atoms with E-state index in [4.69, 9.17) is 9.72 Å². The van der Waals surface area contributed by atoms with Crippen LogP contribution in [-0.2, 0) is 24.1 Å². The first-order valence-electron chi connectivity index (χ1n) is 14.4. The summed E-state index contributed by atoms with van der Waals surface area (Å²) in [5, 5.41) is 2.71. The average molecular weight is 620 g/mol. The van der Waals surface area contributed by atoms with Gasteiger partial charge in [0.1, 0.15) is 5.82 Å². The van der Waals surface area contributed by atoms with E-state index in [0.29, 0.717) is 57.2 Å². The summed E-state index contributed by atoms with van der Waals surface area (Å²) in [4.78, 5) is 47.9. The summed E-state index contributed by atoms with van der Waals surface area (Å²) in [6, 6.07) is 12.6. The Balaban J connectivity index is 1.40. The molecule has 226 valence electrons. The number of fused-ring (bicyclic) bond motifs is 3. The van der Waals surface area contributed by atoms with Crippen LogP contribution in [-0.4, -0.2) is 40.8 Å². The summed E-state index contributed by atoms with van der Waals surface area (Å²) in [6.07, 6.45) is 2.42. The molecule has 1 N–H and O–H groups in total. The Bertz CT molecular complexity index is 1770. The maximum absolute atomic E-state index is 13.7. The van der Waals surface area contributed by atoms with Crippen molar-refractivity contribution in [1.82, 2.24) is 15.2 Å². The third-order valence-electron chi connectivity index (χ3n) is 7.90. The Morgan fingerprint density at radius 1 is 1.00 bits per heavy atom. The molecule has 0 bridgehead atoms. The molecular formula is C33H28F3N3O4S. The van der Waals surface area contributed by atoms with Crippen LogP contribution in [0.4, 0.5) is 13.2 Å². The van der Waals surface area contributed by atoms with Gasteiger partial charge in [-0.15, -0.1) is 11.3 Å². The fourth-order valence-corrected chi connectivity index (χ4v) is 6.81. The summed E-state index contributed by atoms with van der Waals surface area (Å²) >= 11 is 1.11. The number of aryl methyl sites for hydroxylation is 2. The first-order valence-corrected chi connectivity index (χ1v) is 15.2. The van der Waals surface area contributed by atoms with E-state index >= 15 is 0 Å². The molecule has 4 aromatic rings. The van der Waals surface area contributed by atoms with Crippen LogP contribution in [0.2, 0.25) is 0 Å². The van der Waals surface area contributed by atoms with Gasteiger partial charge >= 0.3 is 5.97 Å². The summed E-state index contributed by atoms with van der Waals surface area (Å²) in [5.74, 6) is -3.60. The van der Waals surface area contributed by atoms with Crippen LogP contribution in [0.3, 0.4) is 0 Å². The quantitative estimate of drug-likeness (QED) is 0.219. The van der Waals surface area contributed by atoms with E-state index in [-0.39, 0.29) is 36.5 Å². The van der Waals surface area contributed by atoms with Gasteiger partial charge in [0, 0.05) is 23.5 Å². The van der Waals surface area contributed by atoms with Crippen LogP contribution in [0.1, 0.15) is 78.7 Å². The predicted octanol–water partition coefficient (Wildman–Crippen LogP) is 6.41. The number of hydrogen-bond acceptors (Lipinski definition) is 6. The predicted molar refractivity (Wildman–Crippen MR) is 158 cm³/mol. The maximum atomic E-state index is 13.7. The largest absolute Gasteiger partial charge is 0.462 e. The molecule has 0 spiro atoms. The lowest BCUT2D eigenvalue weighted by atomic mass is 9.93. The van der Waals surface area contributed by atoms with Gasteiger partial charge in [-0.2, -0.15) is 0 Å². The molecule has 1 fully saturated rings. The molecule has 6 rings (SSSR count). The highest BCUT2D eigenvalue weighted by Gasteiger charge is 2.45. The lowest BCUT2D eigenvalue weighted by molar-refractivity contribution is 0.0525. The third-order valence-corrected chi connectivity index (χ3v) is 9.00. The first-order chi connectivity index (χ1) is 21.2. The molecule has 0 radical (unpaired) electrons. The van der Waals surface area contributed by atoms with Crippen LogP contribution in [0.15, 0.2) is 54.6 Å². The summed E-state index contributed by atoms with van der Waals surface area (Å²) < 4.78 is 45.9. The van der Waals surface area contributed by atoms with Crippen molar-refractivity contribution in [2.24, 2.45) is 0 Å². The van der Waals surface area contributed by atoms with E-state index in [1.807, 2.05) is 0 Å². The summed E-state index contributed by atoms with van der Waals surface area (Å²) in [6.45, 7) is 2.36. The molecule has 0 saturated carbocycles. The number of nitrogens with one attached hydrogen (secondary N) is 1. The van der Waals surface area contributed by atoms with Crippen molar-refractivity contribution in [2.45, 2.75) is 45.2 Å². The molecule has 7 nitrogen and oxygen atoms in total. The lowest BCUT2D eigenvalue weighted by Crippen LogP contribution is -2.23. The SMILES string of the molecule is CCOC(=O)c1c(CCc2ccc(F)cc2)nc2c(c1-c1ccc(C(=O)NCc3ccc(F)c(F)c3)s1)C(=O)N1CCCC21. The van der Waals surface area contributed by atoms with Crippen molar-refractivity contribution < 1.29 is 32.3 Å². The third kappa shape index (κ3) is 5.59. The van der Waals surface area contributed by atoms with Crippen LogP contribution in [0.25, 0.3) is 10.4 Å². The van der Waals surface area contributed by atoms with Crippen molar-refractivity contribution in [3.05, 3.63) is 111 Å². The zero-order valence-electron chi connectivity index (χ0n) is 23.8. The Morgan fingerprint density at radius 3 is 2.52 bits per heavy atom. The number of pyridine rings is 1. The molecule has 1 saturated heterocycles. The maximum Gasteiger partial charge on any atom is 0.340 e. The topological polar surface area (TPSA) is 88.6 Å². The number of benzene rings is 2. The molecular weight excluding hydrogens is 591 g/mol. The van der Waals surface area contributed by atoms with Crippen LogP contribution in [0, 0.1) is 17.5 Å². The van der Waals surface area contributed by atoms with E-state index in [9.17, 15) is 27.6 Å². The number of amides is 2. The van der Waals surface area contributed by atoms with E-state index < -0.39 is 23.5 Å². The Labute approximate surface area is 255 Å². The van der Waals surface area contributed by atoms with Crippen LogP contribution < -0.4 is 5.32 Å². The van der Waals surface area contributed by atoms with Gasteiger partial charge in [-0.05, 0) is 80.1 Å². The molecule has 11 heteroatoms. The number of ether oxygens (including phenoxy) is 1. The molecule has 4 heterocycles. The van der Waals surface area contributed by atoms with Gasteiger partial charge in [0.05, 0.1) is 40.0 Å². The van der Waals surface area contributed by atoms with E-state index in [0.717, 1.165) is 41.9 Å². The Kier molecular flexibility index (Phi) is 8.22. The molecule has 0 aliphatic carbocycles. The second-order valence-corrected chi connectivity index (χ2v) is 11.8. The highest BCUT2D eigenvalue weighted by Crippen LogP contribution is 2.47. The molecule has 1 unspecified atom stereocenters. The minimum atomic E-state index is -1.01. The highest BCUT2D eigenvalue weighted by molar-refractivity contribution is 7.17. The number of halogens is 3. The molecule has 2 aromatic heterocycles. The van der Waals surface area contributed by atoms with Crippen LogP contribution in [0.5, 0.6) is 0 Å². The van der Waals surface area contributed by atoms with Gasteiger partial charge in [-0.25, -0.2) is 18.0 Å². The normalized spacial score (nSPS) is 15.3. The monoisotopic (exact) mass is 619 g/mol. The molecule has 2 amide bonds. The van der Waals surface area contributed by atoms with Gasteiger partial charge < -0.3 is 15.0 Å². The van der Waals surface area contributed by atoms with Crippen molar-refractivity contribution in [2.75, 3.05) is 13.2 Å². The number of hydrogen-bond donors (Lipinski definition) is 1. The van der Waals surface area contributed by atoms with E-state index in [1.54, 1.807) is 36.1 Å². The minimum absolute atomic E-state index is 0.0232. The zero-order chi connectivity index (χ0) is 31.0. The summed E-state index contributed by atoms with van der Waals surface area (Å²) in [7, 11) is 0. The number of nitrogens with zero attached hydrogens (tertiary/aromatic N) is 2. The number of thiophene rings is 1. The smallest absolute Gasteiger partial charge is 0.340 e. The number of carbonyl (C=O) groups excluding carboxylic acids is 3. The number of esters is 1. The molecule has 2 aromatic carbocycles. The molecule has 2 aliphatic heterocycles. The van der Waals surface area contributed by atoms with Crippen LogP contribution >= 0.6 is 11.3 Å². The standard InChI is InChI=1S/C33H28F3N3O4S/c1-2-43-33(42)27-23(12-8-18-5-9-20(34)10-6-18)38-30-24-4-3-15-39(24)32(41)29(30)28(27)25-13-14-26(44-25)31(40)37-17-19-7-11-21(35)22(36)16-19/h5-7,9-11,13-14,16,24H,2-4,8,12,15,17H2,1H3,(H,37,40). The van der Waals surface area contributed by atoms with E-state index in [1.165, 1.54) is 18.2 Å². The fourth-order valence-electron chi connectivity index (χ4n) is 5.83. The number of rotatable bonds is 9. The van der Waals surface area contributed by atoms with Gasteiger partial charge in [0.2, 0.25) is 0 Å². The zero-order valence-corrected chi connectivity index (χ0v) is 24.6. The van der Waals surface area contributed by atoms with Gasteiger partial charge in [0.25, 0.3) is 11.8 Å². The van der Waals surface area contributed by atoms with Gasteiger partial charge in [0.15, 0.2) is 11.6 Å². The second kappa shape index (κ2) is 12.2. The van der Waals surface area contributed by atoms with E-state index in [2.05, 4.69) is 5.32 Å².